The monoisotopic (exact) mass is 475 g/mol. The van der Waals surface area contributed by atoms with Gasteiger partial charge in [-0.15, -0.1) is 0 Å². The molecule has 1 aromatic heterocycles. The number of aromatic nitrogens is 1. The number of nitrogen functional groups attached to an aromatic ring is 1. The summed E-state index contributed by atoms with van der Waals surface area (Å²) in [7, 11) is 0. The van der Waals surface area contributed by atoms with Gasteiger partial charge in [-0.1, -0.05) is 12.1 Å². The summed E-state index contributed by atoms with van der Waals surface area (Å²) in [5, 5.41) is 3.86. The number of hydrogen-bond acceptors (Lipinski definition) is 5. The molecule has 0 radical (unpaired) electrons. The predicted molar refractivity (Wildman–Crippen MR) is 144 cm³/mol. The van der Waals surface area contributed by atoms with Gasteiger partial charge in [0.15, 0.2) is 0 Å². The molecule has 0 atom stereocenters. The van der Waals surface area contributed by atoms with Gasteiger partial charge in [-0.3, -0.25) is 10.2 Å². The smallest absolute Gasteiger partial charge is 0.411 e. The summed E-state index contributed by atoms with van der Waals surface area (Å²) in [5.41, 5.74) is 12.7. The topological polar surface area (TPSA) is 75.8 Å². The van der Waals surface area contributed by atoms with E-state index < -0.39 is 6.09 Å². The maximum absolute atomic E-state index is 11.9. The number of hydrogen-bond donors (Lipinski definition) is 2. The van der Waals surface area contributed by atoms with Crippen LogP contribution in [0, 0.1) is 5.92 Å². The Morgan fingerprint density at radius 3 is 2.43 bits per heavy atom. The highest BCUT2D eigenvalue weighted by Gasteiger charge is 2.27. The van der Waals surface area contributed by atoms with Crippen LogP contribution in [0.1, 0.15) is 33.6 Å². The van der Waals surface area contributed by atoms with E-state index >= 15 is 0 Å². The van der Waals surface area contributed by atoms with E-state index in [0.29, 0.717) is 5.69 Å². The van der Waals surface area contributed by atoms with E-state index in [0.717, 1.165) is 61.0 Å². The summed E-state index contributed by atoms with van der Waals surface area (Å²) in [6.45, 7) is 12.3. The molecule has 7 heteroatoms. The van der Waals surface area contributed by atoms with Crippen LogP contribution in [-0.4, -0.2) is 54.4 Å². The van der Waals surface area contributed by atoms with Gasteiger partial charge in [0.2, 0.25) is 0 Å². The lowest BCUT2D eigenvalue weighted by Gasteiger charge is -2.36. The quantitative estimate of drug-likeness (QED) is 0.479. The van der Waals surface area contributed by atoms with Crippen molar-refractivity contribution in [1.29, 1.82) is 0 Å². The van der Waals surface area contributed by atoms with E-state index in [1.54, 1.807) is 0 Å². The van der Waals surface area contributed by atoms with Gasteiger partial charge in [0.1, 0.15) is 0 Å². The Morgan fingerprint density at radius 2 is 1.80 bits per heavy atom. The number of anilines is 3. The Bertz CT molecular complexity index is 1190. The normalized spacial score (nSPS) is 16.7. The SMILES string of the molecule is CCn1c(-c2ccc(NC(=O)OC(C)C)cc2)c(N)c2ccc(N3CCN(CC4CC4)CC3)cc21. The lowest BCUT2D eigenvalue weighted by Crippen LogP contribution is -2.47. The molecule has 0 spiro atoms. The van der Waals surface area contributed by atoms with Crippen molar-refractivity contribution in [2.75, 3.05) is 48.7 Å². The standard InChI is InChI=1S/C28H37N5O2/c1-4-33-25-17-23(32-15-13-31(14-16-32)18-20-5-6-20)11-12-24(25)26(29)27(33)21-7-9-22(10-8-21)30-28(34)35-19(2)3/h7-12,17,19-20H,4-6,13-16,18,29H2,1-3H3,(H,30,34). The van der Waals surface area contributed by atoms with Crippen LogP contribution in [0.3, 0.4) is 0 Å². The number of aryl methyl sites for hydroxylation is 1. The fraction of sp³-hybridized carbons (Fsp3) is 0.464. The third kappa shape index (κ3) is 5.10. The zero-order chi connectivity index (χ0) is 24.5. The fourth-order valence-electron chi connectivity index (χ4n) is 5.13. The number of benzene rings is 2. The maximum Gasteiger partial charge on any atom is 0.411 e. The number of nitrogens with zero attached hydrogens (tertiary/aromatic N) is 3. The number of piperazine rings is 1. The summed E-state index contributed by atoms with van der Waals surface area (Å²) < 4.78 is 7.47. The van der Waals surface area contributed by atoms with Gasteiger partial charge >= 0.3 is 6.09 Å². The van der Waals surface area contributed by atoms with Crippen LogP contribution in [0.5, 0.6) is 0 Å². The largest absolute Gasteiger partial charge is 0.447 e. The highest BCUT2D eigenvalue weighted by Crippen LogP contribution is 2.38. The summed E-state index contributed by atoms with van der Waals surface area (Å²) in [5.74, 6) is 0.950. The van der Waals surface area contributed by atoms with E-state index in [-0.39, 0.29) is 6.10 Å². The number of carbonyl (C=O) groups is 1. The zero-order valence-corrected chi connectivity index (χ0v) is 21.1. The first-order chi connectivity index (χ1) is 16.9. The molecule has 0 unspecified atom stereocenters. The van der Waals surface area contributed by atoms with Gasteiger partial charge in [-0.05, 0) is 69.9 Å². The minimum atomic E-state index is -0.448. The van der Waals surface area contributed by atoms with E-state index in [9.17, 15) is 4.79 Å². The molecule has 1 saturated carbocycles. The van der Waals surface area contributed by atoms with Gasteiger partial charge in [0, 0.05) is 61.6 Å². The molecule has 1 amide bonds. The zero-order valence-electron chi connectivity index (χ0n) is 21.1. The number of rotatable bonds is 7. The van der Waals surface area contributed by atoms with Crippen molar-refractivity contribution in [2.45, 2.75) is 46.3 Å². The molecule has 2 aliphatic rings. The maximum atomic E-state index is 11.9. The minimum Gasteiger partial charge on any atom is -0.447 e. The summed E-state index contributed by atoms with van der Waals surface area (Å²) in [6.07, 6.45) is 2.22. The van der Waals surface area contributed by atoms with Crippen LogP contribution >= 0.6 is 0 Å². The van der Waals surface area contributed by atoms with Crippen LogP contribution in [0.15, 0.2) is 42.5 Å². The second-order valence-corrected chi connectivity index (χ2v) is 10.1. The van der Waals surface area contributed by atoms with Gasteiger partial charge in [0.25, 0.3) is 0 Å². The molecule has 1 aliphatic carbocycles. The van der Waals surface area contributed by atoms with E-state index in [1.165, 1.54) is 30.6 Å². The van der Waals surface area contributed by atoms with Crippen LogP contribution in [-0.2, 0) is 11.3 Å². The number of fused-ring (bicyclic) bond motifs is 1. The number of carbonyl (C=O) groups excluding carboxylic acids is 1. The molecule has 2 aromatic carbocycles. The highest BCUT2D eigenvalue weighted by molar-refractivity contribution is 6.02. The van der Waals surface area contributed by atoms with Gasteiger partial charge in [-0.25, -0.2) is 4.79 Å². The molecule has 0 bridgehead atoms. The van der Waals surface area contributed by atoms with Gasteiger partial charge in [-0.2, -0.15) is 0 Å². The molecule has 3 N–H and O–H groups in total. The minimum absolute atomic E-state index is 0.161. The first-order valence-corrected chi connectivity index (χ1v) is 12.9. The third-order valence-corrected chi connectivity index (χ3v) is 7.10. The van der Waals surface area contributed by atoms with Crippen molar-refractivity contribution in [3.05, 3.63) is 42.5 Å². The Kier molecular flexibility index (Phi) is 6.60. The molecule has 5 rings (SSSR count). The molecule has 186 valence electrons. The third-order valence-electron chi connectivity index (χ3n) is 7.10. The number of nitrogens with one attached hydrogen (secondary N) is 1. The lowest BCUT2D eigenvalue weighted by molar-refractivity contribution is 0.130. The van der Waals surface area contributed by atoms with Crippen LogP contribution in [0.25, 0.3) is 22.2 Å². The Balaban J connectivity index is 1.37. The van der Waals surface area contributed by atoms with Crippen molar-refractivity contribution in [1.82, 2.24) is 9.47 Å². The van der Waals surface area contributed by atoms with Crippen molar-refractivity contribution in [3.8, 4) is 11.3 Å². The molecular formula is C28H37N5O2. The van der Waals surface area contributed by atoms with E-state index in [4.69, 9.17) is 10.5 Å². The first-order valence-electron chi connectivity index (χ1n) is 12.9. The molecular weight excluding hydrogens is 438 g/mol. The van der Waals surface area contributed by atoms with Crippen LogP contribution in [0.2, 0.25) is 0 Å². The summed E-state index contributed by atoms with van der Waals surface area (Å²) in [6, 6.07) is 14.5. The molecule has 2 heterocycles. The second-order valence-electron chi connectivity index (χ2n) is 10.1. The molecule has 3 aromatic rings. The van der Waals surface area contributed by atoms with Crippen LogP contribution < -0.4 is 16.0 Å². The molecule has 2 fully saturated rings. The highest BCUT2D eigenvalue weighted by atomic mass is 16.6. The molecule has 1 saturated heterocycles. The van der Waals surface area contributed by atoms with E-state index in [1.807, 2.05) is 38.1 Å². The Hall–Kier alpha value is -3.19. The van der Waals surface area contributed by atoms with Gasteiger partial charge in [0.05, 0.1) is 23.0 Å². The van der Waals surface area contributed by atoms with Gasteiger partial charge < -0.3 is 19.9 Å². The fourth-order valence-corrected chi connectivity index (χ4v) is 5.13. The number of ether oxygens (including phenoxy) is 1. The average Bonchev–Trinajstić information content (AvgIpc) is 3.61. The van der Waals surface area contributed by atoms with Crippen LogP contribution in [0.4, 0.5) is 21.9 Å². The molecule has 7 nitrogen and oxygen atoms in total. The number of nitrogens with two attached hydrogens (primary N) is 1. The van der Waals surface area contributed by atoms with Crippen molar-refractivity contribution < 1.29 is 9.53 Å². The predicted octanol–water partition coefficient (Wildman–Crippen LogP) is 5.40. The first kappa shape index (κ1) is 23.5. The van der Waals surface area contributed by atoms with Crippen molar-refractivity contribution in [3.63, 3.8) is 0 Å². The molecule has 1 aliphatic heterocycles. The van der Waals surface area contributed by atoms with E-state index in [2.05, 4.69) is 44.8 Å². The lowest BCUT2D eigenvalue weighted by atomic mass is 10.1. The average molecular weight is 476 g/mol. The van der Waals surface area contributed by atoms with Crippen molar-refractivity contribution >= 4 is 34.1 Å². The van der Waals surface area contributed by atoms with Crippen molar-refractivity contribution in [2.24, 2.45) is 5.92 Å². The second kappa shape index (κ2) is 9.82. The molecule has 35 heavy (non-hydrogen) atoms. The Labute approximate surface area is 207 Å². The number of amides is 1. The summed E-state index contributed by atoms with van der Waals surface area (Å²) in [4.78, 5) is 17.0. The Morgan fingerprint density at radius 1 is 1.09 bits per heavy atom. The summed E-state index contributed by atoms with van der Waals surface area (Å²) >= 11 is 0.